The van der Waals surface area contributed by atoms with Crippen LogP contribution in [-0.4, -0.2) is 17.1 Å². The highest BCUT2D eigenvalue weighted by atomic mass is 16.5. The number of benzene rings is 2. The molecule has 1 atom stereocenters. The standard InChI is InChI=1S/C16H17NO3/c1-2-15(16(18)19)17-12-8-10-14(11-9-12)20-13-6-4-3-5-7-13/h3-11,15,17H,2H2,1H3,(H,18,19). The summed E-state index contributed by atoms with van der Waals surface area (Å²) in [5.41, 5.74) is 0.764. The van der Waals surface area contributed by atoms with E-state index in [2.05, 4.69) is 5.32 Å². The zero-order valence-corrected chi connectivity index (χ0v) is 11.2. The van der Waals surface area contributed by atoms with Gasteiger partial charge in [-0.25, -0.2) is 4.79 Å². The van der Waals surface area contributed by atoms with Crippen LogP contribution in [0.15, 0.2) is 54.6 Å². The van der Waals surface area contributed by atoms with E-state index < -0.39 is 12.0 Å². The number of rotatable bonds is 6. The van der Waals surface area contributed by atoms with Gasteiger partial charge in [-0.2, -0.15) is 0 Å². The molecule has 0 aliphatic heterocycles. The SMILES string of the molecule is CCC(Nc1ccc(Oc2ccccc2)cc1)C(=O)O. The van der Waals surface area contributed by atoms with Crippen molar-refractivity contribution in [2.45, 2.75) is 19.4 Å². The van der Waals surface area contributed by atoms with Gasteiger partial charge >= 0.3 is 5.97 Å². The van der Waals surface area contributed by atoms with Crippen LogP contribution in [0.5, 0.6) is 11.5 Å². The molecule has 20 heavy (non-hydrogen) atoms. The second-order valence-corrected chi connectivity index (χ2v) is 4.38. The molecule has 2 aromatic rings. The van der Waals surface area contributed by atoms with Gasteiger partial charge in [0.15, 0.2) is 0 Å². The summed E-state index contributed by atoms with van der Waals surface area (Å²) >= 11 is 0. The zero-order chi connectivity index (χ0) is 14.4. The van der Waals surface area contributed by atoms with Crippen molar-refractivity contribution >= 4 is 11.7 Å². The van der Waals surface area contributed by atoms with Crippen molar-refractivity contribution in [3.8, 4) is 11.5 Å². The minimum atomic E-state index is -0.850. The van der Waals surface area contributed by atoms with Crippen LogP contribution < -0.4 is 10.1 Å². The quantitative estimate of drug-likeness (QED) is 0.840. The third-order valence-corrected chi connectivity index (χ3v) is 2.88. The number of ether oxygens (including phenoxy) is 1. The molecule has 0 aromatic heterocycles. The van der Waals surface area contributed by atoms with Crippen LogP contribution in [0.25, 0.3) is 0 Å². The molecule has 0 spiro atoms. The van der Waals surface area contributed by atoms with Gasteiger partial charge in [-0.3, -0.25) is 0 Å². The Balaban J connectivity index is 2.01. The molecule has 0 saturated heterocycles. The minimum Gasteiger partial charge on any atom is -0.480 e. The zero-order valence-electron chi connectivity index (χ0n) is 11.2. The van der Waals surface area contributed by atoms with Gasteiger partial charge < -0.3 is 15.2 Å². The first-order valence-corrected chi connectivity index (χ1v) is 6.51. The van der Waals surface area contributed by atoms with Crippen LogP contribution in [0, 0.1) is 0 Å². The molecule has 2 aromatic carbocycles. The van der Waals surface area contributed by atoms with Gasteiger partial charge in [0.2, 0.25) is 0 Å². The summed E-state index contributed by atoms with van der Waals surface area (Å²) in [5.74, 6) is 0.632. The van der Waals surface area contributed by atoms with E-state index >= 15 is 0 Å². The highest BCUT2D eigenvalue weighted by Gasteiger charge is 2.13. The van der Waals surface area contributed by atoms with Gasteiger partial charge in [0, 0.05) is 5.69 Å². The third kappa shape index (κ3) is 3.75. The molecule has 1 unspecified atom stereocenters. The van der Waals surface area contributed by atoms with Crippen LogP contribution in [0.3, 0.4) is 0 Å². The molecule has 0 saturated carbocycles. The molecule has 0 radical (unpaired) electrons. The van der Waals surface area contributed by atoms with Crippen molar-refractivity contribution in [1.82, 2.24) is 0 Å². The minimum absolute atomic E-state index is 0.525. The Morgan fingerprint density at radius 2 is 1.70 bits per heavy atom. The molecule has 4 nitrogen and oxygen atoms in total. The van der Waals surface area contributed by atoms with Gasteiger partial charge in [-0.05, 0) is 42.8 Å². The molecular weight excluding hydrogens is 254 g/mol. The van der Waals surface area contributed by atoms with Crippen molar-refractivity contribution in [2.75, 3.05) is 5.32 Å². The topological polar surface area (TPSA) is 58.6 Å². The number of carboxylic acids is 1. The summed E-state index contributed by atoms with van der Waals surface area (Å²) in [6, 6.07) is 16.2. The molecule has 0 fully saturated rings. The van der Waals surface area contributed by atoms with E-state index in [1.807, 2.05) is 61.5 Å². The predicted octanol–water partition coefficient (Wildman–Crippen LogP) is 3.75. The first-order chi connectivity index (χ1) is 9.69. The largest absolute Gasteiger partial charge is 0.480 e. The Morgan fingerprint density at radius 3 is 2.25 bits per heavy atom. The lowest BCUT2D eigenvalue weighted by Gasteiger charge is -2.14. The molecule has 0 heterocycles. The maximum atomic E-state index is 11.0. The fourth-order valence-corrected chi connectivity index (χ4v) is 1.78. The van der Waals surface area contributed by atoms with E-state index in [1.54, 1.807) is 0 Å². The number of hydrogen-bond donors (Lipinski definition) is 2. The van der Waals surface area contributed by atoms with Crippen molar-refractivity contribution in [1.29, 1.82) is 0 Å². The van der Waals surface area contributed by atoms with E-state index in [0.29, 0.717) is 12.2 Å². The molecule has 0 aliphatic carbocycles. The summed E-state index contributed by atoms with van der Waals surface area (Å²) < 4.78 is 5.67. The highest BCUT2D eigenvalue weighted by Crippen LogP contribution is 2.23. The first kappa shape index (κ1) is 13.9. The van der Waals surface area contributed by atoms with Crippen molar-refractivity contribution in [3.63, 3.8) is 0 Å². The lowest BCUT2D eigenvalue weighted by Crippen LogP contribution is -2.28. The molecule has 0 aliphatic rings. The smallest absolute Gasteiger partial charge is 0.326 e. The van der Waals surface area contributed by atoms with Gasteiger partial charge in [-0.15, -0.1) is 0 Å². The average molecular weight is 271 g/mol. The van der Waals surface area contributed by atoms with Crippen LogP contribution in [0.1, 0.15) is 13.3 Å². The van der Waals surface area contributed by atoms with E-state index in [4.69, 9.17) is 9.84 Å². The van der Waals surface area contributed by atoms with Crippen LogP contribution in [-0.2, 0) is 4.79 Å². The lowest BCUT2D eigenvalue weighted by atomic mass is 10.2. The van der Waals surface area contributed by atoms with Gasteiger partial charge in [0.1, 0.15) is 17.5 Å². The third-order valence-electron chi connectivity index (χ3n) is 2.88. The Morgan fingerprint density at radius 1 is 1.10 bits per heavy atom. The van der Waals surface area contributed by atoms with E-state index in [-0.39, 0.29) is 0 Å². The maximum Gasteiger partial charge on any atom is 0.326 e. The Hall–Kier alpha value is -2.49. The Labute approximate surface area is 118 Å². The number of nitrogens with one attached hydrogen (secondary N) is 1. The Bertz CT molecular complexity index is 552. The molecule has 4 heteroatoms. The lowest BCUT2D eigenvalue weighted by molar-refractivity contribution is -0.137. The fraction of sp³-hybridized carbons (Fsp3) is 0.188. The van der Waals surface area contributed by atoms with Gasteiger partial charge in [-0.1, -0.05) is 25.1 Å². The normalized spacial score (nSPS) is 11.7. The van der Waals surface area contributed by atoms with Crippen LogP contribution in [0.4, 0.5) is 5.69 Å². The molecule has 2 N–H and O–H groups in total. The fourth-order valence-electron chi connectivity index (χ4n) is 1.78. The number of aliphatic carboxylic acids is 1. The number of anilines is 1. The summed E-state index contributed by atoms with van der Waals surface area (Å²) in [6.07, 6.45) is 0.525. The second kappa shape index (κ2) is 6.61. The maximum absolute atomic E-state index is 11.0. The number of carboxylic acid groups (broad SMARTS) is 1. The number of carbonyl (C=O) groups is 1. The first-order valence-electron chi connectivity index (χ1n) is 6.51. The second-order valence-electron chi connectivity index (χ2n) is 4.38. The molecule has 104 valence electrons. The summed E-state index contributed by atoms with van der Waals surface area (Å²) in [4.78, 5) is 11.0. The average Bonchev–Trinajstić information content (AvgIpc) is 2.47. The molecule has 0 bridgehead atoms. The van der Waals surface area contributed by atoms with Gasteiger partial charge in [0.05, 0.1) is 0 Å². The summed E-state index contributed by atoms with van der Waals surface area (Å²) in [7, 11) is 0. The summed E-state index contributed by atoms with van der Waals surface area (Å²) in [5, 5.41) is 12.0. The number of para-hydroxylation sites is 1. The molecule has 2 rings (SSSR count). The van der Waals surface area contributed by atoms with Crippen LogP contribution in [0.2, 0.25) is 0 Å². The van der Waals surface area contributed by atoms with Crippen LogP contribution >= 0.6 is 0 Å². The van der Waals surface area contributed by atoms with E-state index in [1.165, 1.54) is 0 Å². The van der Waals surface area contributed by atoms with Crippen molar-refractivity contribution < 1.29 is 14.6 Å². The van der Waals surface area contributed by atoms with Gasteiger partial charge in [0.25, 0.3) is 0 Å². The number of hydrogen-bond acceptors (Lipinski definition) is 3. The summed E-state index contributed by atoms with van der Waals surface area (Å²) in [6.45, 7) is 1.83. The van der Waals surface area contributed by atoms with E-state index in [9.17, 15) is 4.79 Å². The molecule has 0 amide bonds. The van der Waals surface area contributed by atoms with Crippen molar-refractivity contribution in [2.24, 2.45) is 0 Å². The monoisotopic (exact) mass is 271 g/mol. The molecular formula is C16H17NO3. The highest BCUT2D eigenvalue weighted by molar-refractivity contribution is 5.77. The van der Waals surface area contributed by atoms with E-state index in [0.717, 1.165) is 11.4 Å². The predicted molar refractivity (Wildman–Crippen MR) is 78.3 cm³/mol. The Kier molecular flexibility index (Phi) is 4.60. The van der Waals surface area contributed by atoms with Crippen molar-refractivity contribution in [3.05, 3.63) is 54.6 Å².